The van der Waals surface area contributed by atoms with Gasteiger partial charge in [-0.3, -0.25) is 4.79 Å². The van der Waals surface area contributed by atoms with Gasteiger partial charge in [0.05, 0.1) is 17.9 Å². The molecule has 0 aliphatic heterocycles. The molecule has 5 nitrogen and oxygen atoms in total. The zero-order valence-corrected chi connectivity index (χ0v) is 16.4. The molecule has 0 atom stereocenters. The van der Waals surface area contributed by atoms with Crippen molar-refractivity contribution in [1.82, 2.24) is 9.88 Å². The molecular formula is C22H20F3N3O2. The number of aryl methyl sites for hydroxylation is 1. The zero-order chi connectivity index (χ0) is 21.9. The fourth-order valence-electron chi connectivity index (χ4n) is 3.13. The molecular weight excluding hydrogens is 395 g/mol. The number of phenolic OH excluding ortho intramolecular Hbond substituents is 1. The van der Waals surface area contributed by atoms with Crippen molar-refractivity contribution < 1.29 is 23.1 Å². The Morgan fingerprint density at radius 1 is 1.20 bits per heavy atom. The van der Waals surface area contributed by atoms with E-state index in [1.54, 1.807) is 18.2 Å². The molecule has 0 fully saturated rings. The van der Waals surface area contributed by atoms with E-state index in [0.717, 1.165) is 15.5 Å². The molecule has 0 aliphatic rings. The highest BCUT2D eigenvalue weighted by atomic mass is 19.4. The van der Waals surface area contributed by atoms with Gasteiger partial charge in [0.2, 0.25) is 0 Å². The van der Waals surface area contributed by atoms with Crippen LogP contribution in [0.2, 0.25) is 0 Å². The molecule has 0 unspecified atom stereocenters. The molecule has 3 N–H and O–H groups in total. The number of aromatic hydroxyl groups is 1. The van der Waals surface area contributed by atoms with Gasteiger partial charge in [-0.2, -0.15) is 13.2 Å². The van der Waals surface area contributed by atoms with E-state index in [4.69, 9.17) is 0 Å². The number of aromatic nitrogens is 1. The smallest absolute Gasteiger partial charge is 0.406 e. The van der Waals surface area contributed by atoms with Gasteiger partial charge in [0.1, 0.15) is 12.3 Å². The van der Waals surface area contributed by atoms with E-state index in [0.29, 0.717) is 16.8 Å². The first-order valence-electron chi connectivity index (χ1n) is 9.13. The van der Waals surface area contributed by atoms with Gasteiger partial charge in [-0.15, -0.1) is 0 Å². The number of phenols is 1. The summed E-state index contributed by atoms with van der Waals surface area (Å²) < 4.78 is 40.3. The summed E-state index contributed by atoms with van der Waals surface area (Å²) in [5.41, 5.74) is 2.28. The van der Waals surface area contributed by atoms with E-state index in [1.165, 1.54) is 25.2 Å². The molecule has 0 saturated carbocycles. The quantitative estimate of drug-likeness (QED) is 0.445. The maximum atomic E-state index is 13.1. The number of nitrogens with one attached hydrogen (secondary N) is 2. The van der Waals surface area contributed by atoms with Gasteiger partial charge < -0.3 is 20.3 Å². The lowest BCUT2D eigenvalue weighted by Crippen LogP contribution is -2.18. The highest BCUT2D eigenvalue weighted by Gasteiger charge is 2.29. The monoisotopic (exact) mass is 415 g/mol. The van der Waals surface area contributed by atoms with Crippen molar-refractivity contribution >= 4 is 22.5 Å². The van der Waals surface area contributed by atoms with Gasteiger partial charge in [0, 0.05) is 23.5 Å². The van der Waals surface area contributed by atoms with Crippen LogP contribution < -0.4 is 10.6 Å². The van der Waals surface area contributed by atoms with Crippen LogP contribution >= 0.6 is 0 Å². The molecule has 156 valence electrons. The highest BCUT2D eigenvalue weighted by molar-refractivity contribution is 5.95. The Balaban J connectivity index is 1.82. The number of carbonyl (C=O) groups is 1. The number of carbonyl (C=O) groups excluding carboxylic acids is 1. The van der Waals surface area contributed by atoms with E-state index in [9.17, 15) is 23.1 Å². The van der Waals surface area contributed by atoms with Crippen LogP contribution in [0.3, 0.4) is 0 Å². The van der Waals surface area contributed by atoms with Crippen LogP contribution in [0.1, 0.15) is 21.6 Å². The van der Waals surface area contributed by atoms with E-state index in [1.807, 2.05) is 13.0 Å². The lowest BCUT2D eigenvalue weighted by atomic mass is 10.1. The Labute approximate surface area is 171 Å². The van der Waals surface area contributed by atoms with Crippen LogP contribution in [0.4, 0.5) is 18.9 Å². The van der Waals surface area contributed by atoms with E-state index in [2.05, 4.69) is 22.5 Å². The number of amides is 1. The van der Waals surface area contributed by atoms with Crippen LogP contribution in [-0.2, 0) is 6.54 Å². The topological polar surface area (TPSA) is 66.3 Å². The molecule has 8 heteroatoms. The second kappa shape index (κ2) is 8.41. The number of alkyl halides is 3. The first-order valence-corrected chi connectivity index (χ1v) is 9.13. The average molecular weight is 415 g/mol. The molecule has 2 aromatic carbocycles. The molecule has 1 heterocycles. The van der Waals surface area contributed by atoms with E-state index >= 15 is 0 Å². The first-order chi connectivity index (χ1) is 14.2. The molecule has 1 amide bonds. The Morgan fingerprint density at radius 2 is 1.97 bits per heavy atom. The number of fused-ring (bicyclic) bond motifs is 1. The van der Waals surface area contributed by atoms with E-state index in [-0.39, 0.29) is 23.9 Å². The van der Waals surface area contributed by atoms with Gasteiger partial charge in [-0.25, -0.2) is 0 Å². The Bertz CT molecular complexity index is 1150. The number of nitrogens with zero attached hydrogens (tertiary/aromatic N) is 1. The largest absolute Gasteiger partial charge is 0.506 e. The summed E-state index contributed by atoms with van der Waals surface area (Å²) in [6, 6.07) is 11.2. The van der Waals surface area contributed by atoms with Crippen LogP contribution in [0.5, 0.6) is 5.75 Å². The fourth-order valence-corrected chi connectivity index (χ4v) is 3.13. The standard InChI is InChI=1S/C22H20F3N3O2/c1-14-5-3-7-19-17(14)12-16(28(19)13-22(23,24)25)6-4-10-27-18-9-8-15(11-20(18)29)21(30)26-2/h3,5,7-9,11-12,27,29H,10,13H2,1-2H3,(H,26,30). The van der Waals surface area contributed by atoms with Gasteiger partial charge >= 0.3 is 6.18 Å². The maximum Gasteiger partial charge on any atom is 0.406 e. The maximum absolute atomic E-state index is 13.1. The lowest BCUT2D eigenvalue weighted by Gasteiger charge is -2.11. The number of rotatable bonds is 4. The normalized spacial score (nSPS) is 11.1. The number of halogens is 3. The van der Waals surface area contributed by atoms with Crippen LogP contribution in [0.25, 0.3) is 10.9 Å². The van der Waals surface area contributed by atoms with Crippen LogP contribution in [0, 0.1) is 18.8 Å². The van der Waals surface area contributed by atoms with Crippen LogP contribution in [-0.4, -0.2) is 35.3 Å². The highest BCUT2D eigenvalue weighted by Crippen LogP contribution is 2.27. The molecule has 3 aromatic rings. The molecule has 1 aromatic heterocycles. The Morgan fingerprint density at radius 3 is 2.63 bits per heavy atom. The molecule has 0 spiro atoms. The molecule has 0 saturated heterocycles. The summed E-state index contributed by atoms with van der Waals surface area (Å²) >= 11 is 0. The van der Waals surface area contributed by atoms with Gasteiger partial charge in [0.15, 0.2) is 0 Å². The average Bonchev–Trinajstić information content (AvgIpc) is 3.03. The molecule has 3 rings (SSSR count). The third kappa shape index (κ3) is 4.69. The number of anilines is 1. The minimum absolute atomic E-state index is 0.0966. The fraction of sp³-hybridized carbons (Fsp3) is 0.227. The summed E-state index contributed by atoms with van der Waals surface area (Å²) in [4.78, 5) is 11.6. The number of hydrogen-bond acceptors (Lipinski definition) is 3. The van der Waals surface area contributed by atoms with Crippen molar-refractivity contribution in [2.24, 2.45) is 0 Å². The van der Waals surface area contributed by atoms with Gasteiger partial charge in [0.25, 0.3) is 5.91 Å². The minimum atomic E-state index is -4.37. The summed E-state index contributed by atoms with van der Waals surface area (Å²) in [6.07, 6.45) is -4.37. The first kappa shape index (κ1) is 21.1. The predicted molar refractivity (Wildman–Crippen MR) is 110 cm³/mol. The molecule has 0 bridgehead atoms. The summed E-state index contributed by atoms with van der Waals surface area (Å²) in [6.45, 7) is 0.808. The van der Waals surface area contributed by atoms with Crippen molar-refractivity contribution in [3.63, 3.8) is 0 Å². The zero-order valence-electron chi connectivity index (χ0n) is 16.4. The number of benzene rings is 2. The van der Waals surface area contributed by atoms with Crippen LogP contribution in [0.15, 0.2) is 42.5 Å². The van der Waals surface area contributed by atoms with Gasteiger partial charge in [-0.1, -0.05) is 18.1 Å². The number of hydrogen-bond donors (Lipinski definition) is 3. The van der Waals surface area contributed by atoms with E-state index < -0.39 is 12.7 Å². The third-order valence-corrected chi connectivity index (χ3v) is 4.57. The lowest BCUT2D eigenvalue weighted by molar-refractivity contribution is -0.140. The van der Waals surface area contributed by atoms with Crippen molar-refractivity contribution in [2.45, 2.75) is 19.6 Å². The van der Waals surface area contributed by atoms with Crippen molar-refractivity contribution in [1.29, 1.82) is 0 Å². The SMILES string of the molecule is CNC(=O)c1ccc(NCC#Cc2cc3c(C)cccc3n2CC(F)(F)F)c(O)c1. The molecule has 30 heavy (non-hydrogen) atoms. The summed E-state index contributed by atoms with van der Waals surface area (Å²) in [5, 5.41) is 16.1. The second-order valence-corrected chi connectivity index (χ2v) is 6.70. The summed E-state index contributed by atoms with van der Waals surface area (Å²) in [7, 11) is 1.49. The van der Waals surface area contributed by atoms with Crippen molar-refractivity contribution in [3.05, 3.63) is 59.3 Å². The minimum Gasteiger partial charge on any atom is -0.506 e. The Hall–Kier alpha value is -3.60. The van der Waals surface area contributed by atoms with Crippen molar-refractivity contribution in [2.75, 3.05) is 18.9 Å². The third-order valence-electron chi connectivity index (χ3n) is 4.57. The Kier molecular flexibility index (Phi) is 5.92. The predicted octanol–water partition coefficient (Wildman–Crippen LogP) is 4.04. The van der Waals surface area contributed by atoms with Gasteiger partial charge in [-0.05, 0) is 48.7 Å². The second-order valence-electron chi connectivity index (χ2n) is 6.70. The van der Waals surface area contributed by atoms with Crippen molar-refractivity contribution in [3.8, 4) is 17.6 Å². The summed E-state index contributed by atoms with van der Waals surface area (Å²) in [5.74, 6) is 5.12. The molecule has 0 aliphatic carbocycles. The molecule has 0 radical (unpaired) electrons.